The third-order valence-corrected chi connectivity index (χ3v) is 4.03. The van der Waals surface area contributed by atoms with Gasteiger partial charge < -0.3 is 15.3 Å². The topological polar surface area (TPSA) is 52.6 Å². The SMILES string of the molecule is CN1CCc2cc([C@H](O)CNC(=O)C3CC3)ccc21. The van der Waals surface area contributed by atoms with Crippen LogP contribution in [0.5, 0.6) is 0 Å². The Morgan fingerprint density at radius 2 is 2.32 bits per heavy atom. The van der Waals surface area contributed by atoms with E-state index in [1.165, 1.54) is 11.3 Å². The number of nitrogens with zero attached hydrogens (tertiary/aromatic N) is 1. The molecule has 1 fully saturated rings. The van der Waals surface area contributed by atoms with Gasteiger partial charge in [-0.15, -0.1) is 0 Å². The van der Waals surface area contributed by atoms with Crippen LogP contribution in [-0.4, -0.2) is 31.2 Å². The zero-order valence-electron chi connectivity index (χ0n) is 11.2. The van der Waals surface area contributed by atoms with Gasteiger partial charge in [0.2, 0.25) is 5.91 Å². The normalized spacial score (nSPS) is 19.2. The van der Waals surface area contributed by atoms with Gasteiger partial charge in [-0.1, -0.05) is 12.1 Å². The summed E-state index contributed by atoms with van der Waals surface area (Å²) in [4.78, 5) is 13.8. The lowest BCUT2D eigenvalue weighted by Crippen LogP contribution is -2.29. The van der Waals surface area contributed by atoms with Crippen molar-refractivity contribution in [2.24, 2.45) is 5.92 Å². The monoisotopic (exact) mass is 260 g/mol. The molecule has 0 spiro atoms. The van der Waals surface area contributed by atoms with Crippen LogP contribution < -0.4 is 10.2 Å². The highest BCUT2D eigenvalue weighted by Gasteiger charge is 2.29. The quantitative estimate of drug-likeness (QED) is 0.856. The number of carbonyl (C=O) groups is 1. The number of likely N-dealkylation sites (N-methyl/N-ethyl adjacent to an activating group) is 1. The highest BCUT2D eigenvalue weighted by Crippen LogP contribution is 2.30. The minimum Gasteiger partial charge on any atom is -0.387 e. The molecule has 1 aromatic rings. The van der Waals surface area contributed by atoms with Gasteiger partial charge in [-0.2, -0.15) is 0 Å². The molecule has 2 N–H and O–H groups in total. The van der Waals surface area contributed by atoms with Gasteiger partial charge in [-0.3, -0.25) is 4.79 Å². The Morgan fingerprint density at radius 1 is 1.53 bits per heavy atom. The zero-order valence-corrected chi connectivity index (χ0v) is 11.2. The van der Waals surface area contributed by atoms with Gasteiger partial charge in [0.15, 0.2) is 0 Å². The minimum atomic E-state index is -0.612. The second kappa shape index (κ2) is 4.85. The number of amides is 1. The van der Waals surface area contributed by atoms with E-state index in [0.717, 1.165) is 31.4 Å². The van der Waals surface area contributed by atoms with E-state index in [4.69, 9.17) is 0 Å². The van der Waals surface area contributed by atoms with Gasteiger partial charge in [0.05, 0.1) is 6.10 Å². The summed E-state index contributed by atoms with van der Waals surface area (Å²) in [5, 5.41) is 13.0. The molecule has 1 saturated carbocycles. The molecule has 3 rings (SSSR count). The Bertz CT molecular complexity index is 497. The summed E-state index contributed by atoms with van der Waals surface area (Å²) in [6, 6.07) is 6.07. The minimum absolute atomic E-state index is 0.0833. The molecule has 1 aromatic carbocycles. The molecule has 1 atom stereocenters. The zero-order chi connectivity index (χ0) is 13.4. The Balaban J connectivity index is 1.63. The lowest BCUT2D eigenvalue weighted by Gasteiger charge is -2.15. The van der Waals surface area contributed by atoms with Crippen LogP contribution in [0.4, 0.5) is 5.69 Å². The van der Waals surface area contributed by atoms with E-state index in [0.29, 0.717) is 6.54 Å². The molecule has 0 bridgehead atoms. The fraction of sp³-hybridized carbons (Fsp3) is 0.533. The van der Waals surface area contributed by atoms with E-state index in [1.54, 1.807) is 0 Å². The molecule has 0 aromatic heterocycles. The molecule has 4 heteroatoms. The maximum absolute atomic E-state index is 11.5. The van der Waals surface area contributed by atoms with Crippen LogP contribution >= 0.6 is 0 Å². The van der Waals surface area contributed by atoms with Crippen molar-refractivity contribution < 1.29 is 9.90 Å². The first-order chi connectivity index (χ1) is 9.15. The molecule has 0 saturated heterocycles. The highest BCUT2D eigenvalue weighted by atomic mass is 16.3. The van der Waals surface area contributed by atoms with Crippen molar-refractivity contribution in [1.82, 2.24) is 5.32 Å². The molecule has 102 valence electrons. The summed E-state index contributed by atoms with van der Waals surface area (Å²) in [6.45, 7) is 1.34. The third kappa shape index (κ3) is 2.59. The predicted molar refractivity (Wildman–Crippen MR) is 74.1 cm³/mol. The molecular formula is C15H20N2O2. The second-order valence-electron chi connectivity index (χ2n) is 5.59. The van der Waals surface area contributed by atoms with Gasteiger partial charge in [0.25, 0.3) is 0 Å². The first kappa shape index (κ1) is 12.5. The van der Waals surface area contributed by atoms with Crippen LogP contribution in [-0.2, 0) is 11.2 Å². The standard InChI is InChI=1S/C15H20N2O2/c1-17-7-6-11-8-12(4-5-13(11)17)14(18)9-16-15(19)10-2-3-10/h4-5,8,10,14,18H,2-3,6-7,9H2,1H3,(H,16,19)/t14-/m1/s1. The molecular weight excluding hydrogens is 240 g/mol. The van der Waals surface area contributed by atoms with Crippen molar-refractivity contribution in [1.29, 1.82) is 0 Å². The molecule has 1 amide bonds. The highest BCUT2D eigenvalue weighted by molar-refractivity contribution is 5.80. The Hall–Kier alpha value is -1.55. The summed E-state index contributed by atoms with van der Waals surface area (Å²) in [5.74, 6) is 0.279. The van der Waals surface area contributed by atoms with Crippen molar-refractivity contribution in [2.45, 2.75) is 25.4 Å². The van der Waals surface area contributed by atoms with Gasteiger partial charge in [0.1, 0.15) is 0 Å². The van der Waals surface area contributed by atoms with Crippen molar-refractivity contribution >= 4 is 11.6 Å². The van der Waals surface area contributed by atoms with Gasteiger partial charge in [-0.05, 0) is 36.5 Å². The Kier molecular flexibility index (Phi) is 3.19. The molecule has 1 aliphatic heterocycles. The first-order valence-electron chi connectivity index (χ1n) is 6.95. The van der Waals surface area contributed by atoms with Crippen LogP contribution in [0, 0.1) is 5.92 Å². The smallest absolute Gasteiger partial charge is 0.223 e. The average Bonchev–Trinajstić information content (AvgIpc) is 3.21. The molecule has 1 heterocycles. The fourth-order valence-corrected chi connectivity index (χ4v) is 2.60. The third-order valence-electron chi connectivity index (χ3n) is 4.03. The summed E-state index contributed by atoms with van der Waals surface area (Å²) in [5.41, 5.74) is 3.43. The summed E-state index contributed by atoms with van der Waals surface area (Å²) in [6.07, 6.45) is 2.40. The van der Waals surface area contributed by atoms with Crippen LogP contribution in [0.1, 0.15) is 30.1 Å². The van der Waals surface area contributed by atoms with Crippen molar-refractivity contribution in [3.8, 4) is 0 Å². The average molecular weight is 260 g/mol. The summed E-state index contributed by atoms with van der Waals surface area (Å²) in [7, 11) is 2.08. The molecule has 19 heavy (non-hydrogen) atoms. The van der Waals surface area contributed by atoms with Crippen LogP contribution in [0.2, 0.25) is 0 Å². The Labute approximate surface area is 113 Å². The molecule has 0 radical (unpaired) electrons. The number of carbonyl (C=O) groups excluding carboxylic acids is 1. The van der Waals surface area contributed by atoms with Gasteiger partial charge in [0, 0.05) is 31.7 Å². The van der Waals surface area contributed by atoms with Crippen molar-refractivity contribution in [3.63, 3.8) is 0 Å². The van der Waals surface area contributed by atoms with Crippen molar-refractivity contribution in [3.05, 3.63) is 29.3 Å². The second-order valence-corrected chi connectivity index (χ2v) is 5.59. The van der Waals surface area contributed by atoms with E-state index in [-0.39, 0.29) is 11.8 Å². The maximum atomic E-state index is 11.5. The lowest BCUT2D eigenvalue weighted by molar-refractivity contribution is -0.122. The number of benzene rings is 1. The van der Waals surface area contributed by atoms with E-state index < -0.39 is 6.10 Å². The number of hydrogen-bond donors (Lipinski definition) is 2. The van der Waals surface area contributed by atoms with Crippen LogP contribution in [0.15, 0.2) is 18.2 Å². The largest absolute Gasteiger partial charge is 0.387 e. The number of anilines is 1. The number of nitrogens with one attached hydrogen (secondary N) is 1. The molecule has 0 unspecified atom stereocenters. The van der Waals surface area contributed by atoms with E-state index in [9.17, 15) is 9.90 Å². The van der Waals surface area contributed by atoms with Gasteiger partial charge >= 0.3 is 0 Å². The predicted octanol–water partition coefficient (Wildman–Crippen LogP) is 1.24. The number of rotatable bonds is 4. The molecule has 4 nitrogen and oxygen atoms in total. The summed E-state index contributed by atoms with van der Waals surface area (Å²) < 4.78 is 0. The van der Waals surface area contributed by atoms with Crippen LogP contribution in [0.3, 0.4) is 0 Å². The van der Waals surface area contributed by atoms with Crippen LogP contribution in [0.25, 0.3) is 0 Å². The van der Waals surface area contributed by atoms with E-state index in [2.05, 4.69) is 29.4 Å². The first-order valence-corrected chi connectivity index (χ1v) is 6.95. The molecule has 2 aliphatic rings. The van der Waals surface area contributed by atoms with E-state index >= 15 is 0 Å². The number of aliphatic hydroxyl groups is 1. The van der Waals surface area contributed by atoms with Gasteiger partial charge in [-0.25, -0.2) is 0 Å². The lowest BCUT2D eigenvalue weighted by atomic mass is 10.0. The van der Waals surface area contributed by atoms with E-state index in [1.807, 2.05) is 6.07 Å². The Morgan fingerprint density at radius 3 is 3.05 bits per heavy atom. The molecule has 1 aliphatic carbocycles. The maximum Gasteiger partial charge on any atom is 0.223 e. The fourth-order valence-electron chi connectivity index (χ4n) is 2.60. The number of fused-ring (bicyclic) bond motifs is 1. The number of aliphatic hydroxyl groups excluding tert-OH is 1. The van der Waals surface area contributed by atoms with Crippen molar-refractivity contribution in [2.75, 3.05) is 25.0 Å². The summed E-state index contributed by atoms with van der Waals surface area (Å²) >= 11 is 0. The number of hydrogen-bond acceptors (Lipinski definition) is 3.